The van der Waals surface area contributed by atoms with E-state index in [0.29, 0.717) is 18.7 Å². The molecule has 1 aromatic rings. The van der Waals surface area contributed by atoms with Crippen LogP contribution in [0.3, 0.4) is 0 Å². The molecular weight excluding hydrogens is 252 g/mol. The van der Waals surface area contributed by atoms with Crippen LogP contribution in [0.4, 0.5) is 5.69 Å². The molecule has 0 saturated carbocycles. The van der Waals surface area contributed by atoms with Crippen molar-refractivity contribution in [2.75, 3.05) is 11.3 Å². The first-order chi connectivity index (χ1) is 8.43. The molecule has 1 aromatic carbocycles. The van der Waals surface area contributed by atoms with E-state index in [2.05, 4.69) is 9.44 Å². The van der Waals surface area contributed by atoms with E-state index in [1.54, 1.807) is 24.3 Å². The Morgan fingerprint density at radius 1 is 1.33 bits per heavy atom. The van der Waals surface area contributed by atoms with Crippen molar-refractivity contribution in [3.8, 4) is 0 Å². The summed E-state index contributed by atoms with van der Waals surface area (Å²) in [5, 5.41) is 7.16. The van der Waals surface area contributed by atoms with E-state index < -0.39 is 10.2 Å². The number of nitrogens with two attached hydrogens (primary N) is 1. The summed E-state index contributed by atoms with van der Waals surface area (Å²) in [5.74, 6) is 0.0768. The number of hydrogen-bond acceptors (Lipinski definition) is 3. The van der Waals surface area contributed by atoms with Crippen molar-refractivity contribution < 1.29 is 8.42 Å². The Bertz CT molecular complexity index is 496. The van der Waals surface area contributed by atoms with Gasteiger partial charge in [-0.1, -0.05) is 19.1 Å². The fraction of sp³-hybridized carbons (Fsp3) is 0.364. The van der Waals surface area contributed by atoms with Gasteiger partial charge < -0.3 is 5.73 Å². The largest absolute Gasteiger partial charge is 0.387 e. The lowest BCUT2D eigenvalue weighted by atomic mass is 10.1. The molecule has 0 fully saturated rings. The molecule has 18 heavy (non-hydrogen) atoms. The number of rotatable bonds is 7. The van der Waals surface area contributed by atoms with Gasteiger partial charge in [0.2, 0.25) is 0 Å². The SMILES string of the molecule is CCCNS(=O)(=O)Nc1ccc(CC(=N)N)cc1. The molecule has 5 N–H and O–H groups in total. The van der Waals surface area contributed by atoms with E-state index >= 15 is 0 Å². The molecule has 0 aromatic heterocycles. The third-order valence-electron chi connectivity index (χ3n) is 2.14. The van der Waals surface area contributed by atoms with Crippen LogP contribution < -0.4 is 15.2 Å². The molecule has 0 atom stereocenters. The minimum absolute atomic E-state index is 0.0768. The second-order valence-electron chi connectivity index (χ2n) is 3.90. The number of benzene rings is 1. The Morgan fingerprint density at radius 3 is 2.44 bits per heavy atom. The summed E-state index contributed by atoms with van der Waals surface area (Å²) < 4.78 is 27.9. The highest BCUT2D eigenvalue weighted by atomic mass is 32.2. The highest BCUT2D eigenvalue weighted by molar-refractivity contribution is 7.90. The summed E-state index contributed by atoms with van der Waals surface area (Å²) in [6.45, 7) is 2.29. The molecule has 100 valence electrons. The first-order valence-electron chi connectivity index (χ1n) is 5.62. The third-order valence-corrected chi connectivity index (χ3v) is 3.23. The van der Waals surface area contributed by atoms with Crippen LogP contribution in [0, 0.1) is 5.41 Å². The molecule has 0 saturated heterocycles. The Balaban J connectivity index is 2.66. The van der Waals surface area contributed by atoms with Crippen LogP contribution in [-0.4, -0.2) is 20.8 Å². The minimum atomic E-state index is -3.50. The van der Waals surface area contributed by atoms with Crippen LogP contribution in [0.15, 0.2) is 24.3 Å². The van der Waals surface area contributed by atoms with Gasteiger partial charge in [0.1, 0.15) is 0 Å². The molecule has 0 radical (unpaired) electrons. The molecule has 0 heterocycles. The van der Waals surface area contributed by atoms with Gasteiger partial charge in [-0.05, 0) is 24.1 Å². The summed E-state index contributed by atoms with van der Waals surface area (Å²) >= 11 is 0. The van der Waals surface area contributed by atoms with E-state index in [1.807, 2.05) is 6.92 Å². The zero-order chi connectivity index (χ0) is 13.6. The van der Waals surface area contributed by atoms with Crippen molar-refractivity contribution in [1.29, 1.82) is 5.41 Å². The monoisotopic (exact) mass is 270 g/mol. The number of amidine groups is 1. The van der Waals surface area contributed by atoms with Crippen LogP contribution in [0.1, 0.15) is 18.9 Å². The summed E-state index contributed by atoms with van der Waals surface area (Å²) in [4.78, 5) is 0. The van der Waals surface area contributed by atoms with E-state index in [1.165, 1.54) is 0 Å². The zero-order valence-corrected chi connectivity index (χ0v) is 11.0. The van der Waals surface area contributed by atoms with Gasteiger partial charge in [-0.2, -0.15) is 13.1 Å². The normalized spacial score (nSPS) is 11.2. The average Bonchev–Trinajstić information content (AvgIpc) is 2.28. The molecular formula is C11H18N4O2S. The number of nitrogens with one attached hydrogen (secondary N) is 3. The second-order valence-corrected chi connectivity index (χ2v) is 5.40. The van der Waals surface area contributed by atoms with Crippen LogP contribution in [0.2, 0.25) is 0 Å². The molecule has 7 heteroatoms. The second kappa shape index (κ2) is 6.36. The smallest absolute Gasteiger partial charge is 0.299 e. The lowest BCUT2D eigenvalue weighted by molar-refractivity contribution is 0.586. The van der Waals surface area contributed by atoms with Gasteiger partial charge in [0.25, 0.3) is 10.2 Å². The quantitative estimate of drug-likeness (QED) is 0.435. The first kappa shape index (κ1) is 14.5. The average molecular weight is 270 g/mol. The highest BCUT2D eigenvalue weighted by Crippen LogP contribution is 2.11. The van der Waals surface area contributed by atoms with Crippen LogP contribution in [0.25, 0.3) is 0 Å². The Labute approximate surface area is 107 Å². The number of hydrogen-bond donors (Lipinski definition) is 4. The van der Waals surface area contributed by atoms with E-state index in [0.717, 1.165) is 12.0 Å². The fourth-order valence-electron chi connectivity index (χ4n) is 1.34. The Hall–Kier alpha value is -1.60. The molecule has 0 amide bonds. The zero-order valence-electron chi connectivity index (χ0n) is 10.2. The minimum Gasteiger partial charge on any atom is -0.387 e. The van der Waals surface area contributed by atoms with Gasteiger partial charge in [-0.25, -0.2) is 0 Å². The first-order valence-corrected chi connectivity index (χ1v) is 7.10. The Morgan fingerprint density at radius 2 is 1.94 bits per heavy atom. The highest BCUT2D eigenvalue weighted by Gasteiger charge is 2.08. The molecule has 1 rings (SSSR count). The fourth-order valence-corrected chi connectivity index (χ4v) is 2.33. The van der Waals surface area contributed by atoms with Gasteiger partial charge in [0.15, 0.2) is 0 Å². The lowest BCUT2D eigenvalue weighted by Gasteiger charge is -2.09. The molecule has 0 bridgehead atoms. The van der Waals surface area contributed by atoms with Crippen molar-refractivity contribution in [2.24, 2.45) is 5.73 Å². The molecule has 0 unspecified atom stereocenters. The van der Waals surface area contributed by atoms with Crippen molar-refractivity contribution in [2.45, 2.75) is 19.8 Å². The topological polar surface area (TPSA) is 108 Å². The van der Waals surface area contributed by atoms with Crippen molar-refractivity contribution in [3.63, 3.8) is 0 Å². The molecule has 0 aliphatic rings. The van der Waals surface area contributed by atoms with E-state index in [9.17, 15) is 8.42 Å². The predicted octanol–water partition coefficient (Wildman–Crippen LogP) is 0.821. The van der Waals surface area contributed by atoms with Crippen molar-refractivity contribution in [3.05, 3.63) is 29.8 Å². The predicted molar refractivity (Wildman–Crippen MR) is 72.9 cm³/mol. The summed E-state index contributed by atoms with van der Waals surface area (Å²) in [6.07, 6.45) is 1.10. The van der Waals surface area contributed by atoms with Gasteiger partial charge in [0.05, 0.1) is 5.84 Å². The standard InChI is InChI=1S/C11H18N4O2S/c1-2-7-14-18(16,17)15-10-5-3-9(4-6-10)8-11(12)13/h3-6,14-15H,2,7-8H2,1H3,(H3,12,13). The van der Waals surface area contributed by atoms with Crippen molar-refractivity contribution in [1.82, 2.24) is 4.72 Å². The summed E-state index contributed by atoms with van der Waals surface area (Å²) in [7, 11) is -3.50. The maximum Gasteiger partial charge on any atom is 0.299 e. The summed E-state index contributed by atoms with van der Waals surface area (Å²) in [6, 6.07) is 6.76. The number of anilines is 1. The van der Waals surface area contributed by atoms with Crippen LogP contribution >= 0.6 is 0 Å². The molecule has 0 aliphatic heterocycles. The van der Waals surface area contributed by atoms with Gasteiger partial charge in [0, 0.05) is 18.7 Å². The van der Waals surface area contributed by atoms with E-state index in [4.69, 9.17) is 11.1 Å². The van der Waals surface area contributed by atoms with Crippen molar-refractivity contribution >= 4 is 21.7 Å². The van der Waals surface area contributed by atoms with Gasteiger partial charge in [-0.3, -0.25) is 10.1 Å². The van der Waals surface area contributed by atoms with Crippen LogP contribution in [-0.2, 0) is 16.6 Å². The van der Waals surface area contributed by atoms with E-state index in [-0.39, 0.29) is 5.84 Å². The maximum absolute atomic E-state index is 11.5. The lowest BCUT2D eigenvalue weighted by Crippen LogP contribution is -2.30. The Kier molecular flexibility index (Phi) is 5.11. The van der Waals surface area contributed by atoms with Gasteiger partial charge in [-0.15, -0.1) is 0 Å². The third kappa shape index (κ3) is 5.15. The van der Waals surface area contributed by atoms with Crippen LogP contribution in [0.5, 0.6) is 0 Å². The molecule has 6 nitrogen and oxygen atoms in total. The maximum atomic E-state index is 11.5. The molecule has 0 spiro atoms. The summed E-state index contributed by atoms with van der Waals surface area (Å²) in [5.41, 5.74) is 6.63. The molecule has 0 aliphatic carbocycles. The van der Waals surface area contributed by atoms with Gasteiger partial charge >= 0.3 is 0 Å².